The molecule has 0 saturated heterocycles. The molecule has 4 rings (SSSR count). The number of nitrogens with zero attached hydrogens (tertiary/aromatic N) is 1. The third-order valence-electron chi connectivity index (χ3n) is 4.09. The summed E-state index contributed by atoms with van der Waals surface area (Å²) in [5, 5.41) is 4.99. The van der Waals surface area contributed by atoms with Crippen molar-refractivity contribution in [3.63, 3.8) is 0 Å². The number of hydrogen-bond acceptors (Lipinski definition) is 4. The summed E-state index contributed by atoms with van der Waals surface area (Å²) in [5.41, 5.74) is 2.94. The lowest BCUT2D eigenvalue weighted by Gasteiger charge is -2.01. The van der Waals surface area contributed by atoms with Gasteiger partial charge in [0.1, 0.15) is 5.58 Å². The van der Waals surface area contributed by atoms with E-state index < -0.39 is 0 Å². The van der Waals surface area contributed by atoms with E-state index >= 15 is 0 Å². The maximum Gasteiger partial charge on any atom is 0.287 e. The topological polar surface area (TPSA) is 55.1 Å². The molecule has 2 heterocycles. The predicted octanol–water partition coefficient (Wildman–Crippen LogP) is 4.71. The van der Waals surface area contributed by atoms with Crippen molar-refractivity contribution < 1.29 is 9.21 Å². The number of amides is 1. The second kappa shape index (κ2) is 6.69. The van der Waals surface area contributed by atoms with Gasteiger partial charge in [-0.25, -0.2) is 4.98 Å². The van der Waals surface area contributed by atoms with Gasteiger partial charge in [0.2, 0.25) is 0 Å². The van der Waals surface area contributed by atoms with Crippen molar-refractivity contribution in [1.82, 2.24) is 10.3 Å². The van der Waals surface area contributed by atoms with Crippen LogP contribution in [0.1, 0.15) is 27.5 Å². The number of carbonyl (C=O) groups is 1. The number of hydrogen-bond donors (Lipinski definition) is 1. The van der Waals surface area contributed by atoms with Gasteiger partial charge in [-0.15, -0.1) is 11.3 Å². The third-order valence-corrected chi connectivity index (χ3v) is 5.18. The van der Waals surface area contributed by atoms with Crippen LogP contribution in [0.25, 0.3) is 21.2 Å². The molecule has 0 aliphatic carbocycles. The van der Waals surface area contributed by atoms with E-state index in [4.69, 9.17) is 4.42 Å². The summed E-state index contributed by atoms with van der Waals surface area (Å²) in [6.07, 6.45) is 1.71. The number of para-hydroxylation sites is 1. The Morgan fingerprint density at radius 2 is 2.08 bits per heavy atom. The van der Waals surface area contributed by atoms with E-state index in [1.54, 1.807) is 17.4 Å². The molecule has 0 spiro atoms. The Kier molecular flexibility index (Phi) is 4.24. The lowest BCUT2D eigenvalue weighted by molar-refractivity contribution is 0.0927. The summed E-state index contributed by atoms with van der Waals surface area (Å²) in [6.45, 7) is 2.62. The lowest BCUT2D eigenvalue weighted by atomic mass is 10.2. The lowest BCUT2D eigenvalue weighted by Crippen LogP contribution is -2.24. The van der Waals surface area contributed by atoms with Crippen LogP contribution in [0.4, 0.5) is 0 Å². The predicted molar refractivity (Wildman–Crippen MR) is 101 cm³/mol. The van der Waals surface area contributed by atoms with Crippen molar-refractivity contribution in [1.29, 1.82) is 0 Å². The van der Waals surface area contributed by atoms with Gasteiger partial charge in [0.25, 0.3) is 5.91 Å². The van der Waals surface area contributed by atoms with Crippen molar-refractivity contribution in [3.8, 4) is 0 Å². The Balaban J connectivity index is 1.33. The monoisotopic (exact) mass is 350 g/mol. The summed E-state index contributed by atoms with van der Waals surface area (Å²) in [6, 6.07) is 15.8. The van der Waals surface area contributed by atoms with Crippen LogP contribution >= 0.6 is 11.3 Å². The Morgan fingerprint density at radius 1 is 1.20 bits per heavy atom. The van der Waals surface area contributed by atoms with Gasteiger partial charge in [-0.2, -0.15) is 0 Å². The van der Waals surface area contributed by atoms with Gasteiger partial charge in [0.05, 0.1) is 15.2 Å². The molecule has 4 nitrogen and oxygen atoms in total. The summed E-state index contributed by atoms with van der Waals surface area (Å²) >= 11 is 1.71. The first-order valence-corrected chi connectivity index (χ1v) is 9.13. The first-order valence-electron chi connectivity index (χ1n) is 8.32. The van der Waals surface area contributed by atoms with Gasteiger partial charge < -0.3 is 9.73 Å². The molecular formula is C20H18N2O2S. The van der Waals surface area contributed by atoms with E-state index in [0.29, 0.717) is 12.3 Å². The smallest absolute Gasteiger partial charge is 0.287 e. The fourth-order valence-electron chi connectivity index (χ4n) is 2.83. The molecule has 5 heteroatoms. The van der Waals surface area contributed by atoms with E-state index in [0.717, 1.165) is 39.9 Å². The number of carbonyl (C=O) groups excluding carboxylic acids is 1. The Labute approximate surface area is 149 Å². The number of furan rings is 1. The van der Waals surface area contributed by atoms with Crippen LogP contribution in [0.3, 0.4) is 0 Å². The van der Waals surface area contributed by atoms with E-state index in [1.807, 2.05) is 43.3 Å². The SMILES string of the molecule is Cc1ccc2oc(C(=O)NCCCc3nc4ccccc4s3)cc2c1. The molecule has 2 aromatic heterocycles. The molecule has 0 aliphatic heterocycles. The summed E-state index contributed by atoms with van der Waals surface area (Å²) in [4.78, 5) is 16.8. The molecule has 0 fully saturated rings. The second-order valence-corrected chi connectivity index (χ2v) is 7.20. The average molecular weight is 350 g/mol. The molecule has 0 bridgehead atoms. The number of aryl methyl sites for hydroxylation is 2. The van der Waals surface area contributed by atoms with E-state index in [2.05, 4.69) is 16.4 Å². The fraction of sp³-hybridized carbons (Fsp3) is 0.200. The van der Waals surface area contributed by atoms with Crippen LogP contribution in [-0.2, 0) is 6.42 Å². The molecule has 25 heavy (non-hydrogen) atoms. The first kappa shape index (κ1) is 15.8. The number of nitrogens with one attached hydrogen (secondary N) is 1. The van der Waals surface area contributed by atoms with Gasteiger partial charge in [0.15, 0.2) is 5.76 Å². The van der Waals surface area contributed by atoms with Gasteiger partial charge in [-0.3, -0.25) is 4.79 Å². The minimum atomic E-state index is -0.168. The van der Waals surface area contributed by atoms with Crippen molar-refractivity contribution in [2.75, 3.05) is 6.54 Å². The minimum Gasteiger partial charge on any atom is -0.451 e. The highest BCUT2D eigenvalue weighted by molar-refractivity contribution is 7.18. The molecule has 0 saturated carbocycles. The Bertz CT molecular complexity index is 1020. The quantitative estimate of drug-likeness (QED) is 0.530. The number of rotatable bonds is 5. The summed E-state index contributed by atoms with van der Waals surface area (Å²) in [7, 11) is 0. The van der Waals surface area contributed by atoms with Crippen molar-refractivity contribution >= 4 is 38.4 Å². The number of fused-ring (bicyclic) bond motifs is 2. The molecule has 0 radical (unpaired) electrons. The number of thiazole rings is 1. The Morgan fingerprint density at radius 3 is 2.96 bits per heavy atom. The number of benzene rings is 2. The van der Waals surface area contributed by atoms with E-state index in [9.17, 15) is 4.79 Å². The maximum atomic E-state index is 12.2. The third kappa shape index (κ3) is 3.42. The molecule has 0 unspecified atom stereocenters. The van der Waals surface area contributed by atoms with Crippen LogP contribution in [0, 0.1) is 6.92 Å². The number of aromatic nitrogens is 1. The normalized spacial score (nSPS) is 11.2. The summed E-state index contributed by atoms with van der Waals surface area (Å²) < 4.78 is 6.83. The average Bonchev–Trinajstić information content (AvgIpc) is 3.21. The minimum absolute atomic E-state index is 0.168. The van der Waals surface area contributed by atoms with Crippen LogP contribution in [0.2, 0.25) is 0 Å². The molecule has 1 N–H and O–H groups in total. The van der Waals surface area contributed by atoms with E-state index in [-0.39, 0.29) is 5.91 Å². The van der Waals surface area contributed by atoms with Crippen molar-refractivity contribution in [2.24, 2.45) is 0 Å². The fourth-order valence-corrected chi connectivity index (χ4v) is 3.84. The Hall–Kier alpha value is -2.66. The van der Waals surface area contributed by atoms with Crippen LogP contribution < -0.4 is 5.32 Å². The van der Waals surface area contributed by atoms with E-state index in [1.165, 1.54) is 4.70 Å². The highest BCUT2D eigenvalue weighted by atomic mass is 32.1. The molecule has 0 atom stereocenters. The van der Waals surface area contributed by atoms with Gasteiger partial charge >= 0.3 is 0 Å². The first-order chi connectivity index (χ1) is 12.2. The van der Waals surface area contributed by atoms with Gasteiger partial charge in [-0.1, -0.05) is 23.8 Å². The van der Waals surface area contributed by atoms with Crippen LogP contribution in [0.5, 0.6) is 0 Å². The van der Waals surface area contributed by atoms with Crippen LogP contribution in [-0.4, -0.2) is 17.4 Å². The highest BCUT2D eigenvalue weighted by Gasteiger charge is 2.12. The zero-order valence-corrected chi connectivity index (χ0v) is 14.7. The van der Waals surface area contributed by atoms with Crippen LogP contribution in [0.15, 0.2) is 52.9 Å². The summed E-state index contributed by atoms with van der Waals surface area (Å²) in [5.74, 6) is 0.193. The van der Waals surface area contributed by atoms with Gasteiger partial charge in [-0.05, 0) is 43.7 Å². The molecule has 2 aromatic carbocycles. The molecular weight excluding hydrogens is 332 g/mol. The second-order valence-electron chi connectivity index (χ2n) is 6.09. The molecule has 1 amide bonds. The maximum absolute atomic E-state index is 12.2. The highest BCUT2D eigenvalue weighted by Crippen LogP contribution is 2.22. The van der Waals surface area contributed by atoms with Crippen molar-refractivity contribution in [2.45, 2.75) is 19.8 Å². The van der Waals surface area contributed by atoms with Crippen molar-refractivity contribution in [3.05, 3.63) is 64.9 Å². The molecule has 0 aliphatic rings. The zero-order chi connectivity index (χ0) is 17.2. The van der Waals surface area contributed by atoms with Gasteiger partial charge in [0, 0.05) is 18.4 Å². The standard InChI is InChI=1S/C20H18N2O2S/c1-13-8-9-16-14(11-13)12-17(24-16)20(23)21-10-4-7-19-22-15-5-2-3-6-18(15)25-19/h2-3,5-6,8-9,11-12H,4,7,10H2,1H3,(H,21,23). The molecule has 126 valence electrons. The zero-order valence-electron chi connectivity index (χ0n) is 13.9. The largest absolute Gasteiger partial charge is 0.451 e. The molecule has 4 aromatic rings.